The Morgan fingerprint density at radius 3 is 2.10 bits per heavy atom. The Morgan fingerprint density at radius 1 is 1.05 bits per heavy atom. The molecule has 1 aromatic rings. The van der Waals surface area contributed by atoms with Crippen LogP contribution < -0.4 is 14.2 Å². The average Bonchev–Trinajstić information content (AvgIpc) is 2.49. The summed E-state index contributed by atoms with van der Waals surface area (Å²) in [6.07, 6.45) is 1.93. The van der Waals surface area contributed by atoms with Gasteiger partial charge in [-0.1, -0.05) is 6.92 Å². The standard InChI is InChI=1S/C15H22O5/c1-5-14(16)20-8-6-7-11-9-12(17-2)15(19-4)13(10-11)18-3/h9-10H,5-8H2,1-4H3. The van der Waals surface area contributed by atoms with Crippen molar-refractivity contribution in [1.29, 1.82) is 0 Å². The Kier molecular flexibility index (Phi) is 6.70. The third kappa shape index (κ3) is 4.33. The minimum absolute atomic E-state index is 0.171. The maximum absolute atomic E-state index is 11.0. The van der Waals surface area contributed by atoms with Gasteiger partial charge in [-0.15, -0.1) is 0 Å². The molecule has 0 spiro atoms. The molecule has 0 saturated heterocycles. The predicted octanol–water partition coefficient (Wildman–Crippen LogP) is 2.60. The van der Waals surface area contributed by atoms with E-state index in [0.29, 0.717) is 30.3 Å². The minimum atomic E-state index is -0.171. The maximum Gasteiger partial charge on any atom is 0.305 e. The highest BCUT2D eigenvalue weighted by Crippen LogP contribution is 2.38. The molecule has 0 fully saturated rings. The highest BCUT2D eigenvalue weighted by molar-refractivity contribution is 5.68. The molecule has 1 rings (SSSR count). The first-order chi connectivity index (χ1) is 9.65. The highest BCUT2D eigenvalue weighted by atomic mass is 16.5. The number of methoxy groups -OCH3 is 3. The number of esters is 1. The molecule has 20 heavy (non-hydrogen) atoms. The summed E-state index contributed by atoms with van der Waals surface area (Å²) in [5.74, 6) is 1.67. The first-order valence-corrected chi connectivity index (χ1v) is 6.60. The third-order valence-corrected chi connectivity index (χ3v) is 2.89. The number of ether oxygens (including phenoxy) is 4. The number of benzene rings is 1. The number of hydrogen-bond donors (Lipinski definition) is 0. The summed E-state index contributed by atoms with van der Waals surface area (Å²) in [7, 11) is 4.75. The Labute approximate surface area is 119 Å². The van der Waals surface area contributed by atoms with Crippen molar-refractivity contribution in [2.24, 2.45) is 0 Å². The van der Waals surface area contributed by atoms with Gasteiger partial charge in [0.15, 0.2) is 11.5 Å². The number of carbonyl (C=O) groups excluding carboxylic acids is 1. The Morgan fingerprint density at radius 2 is 1.65 bits per heavy atom. The molecule has 1 aromatic carbocycles. The fraction of sp³-hybridized carbons (Fsp3) is 0.533. The summed E-state index contributed by atoms with van der Waals surface area (Å²) in [6, 6.07) is 3.81. The van der Waals surface area contributed by atoms with Gasteiger partial charge >= 0.3 is 5.97 Å². The zero-order valence-electron chi connectivity index (χ0n) is 12.5. The van der Waals surface area contributed by atoms with Gasteiger partial charge in [0.1, 0.15) is 0 Å². The van der Waals surface area contributed by atoms with Crippen molar-refractivity contribution in [3.8, 4) is 17.2 Å². The maximum atomic E-state index is 11.0. The van der Waals surface area contributed by atoms with Gasteiger partial charge in [-0.05, 0) is 30.5 Å². The molecule has 0 amide bonds. The van der Waals surface area contributed by atoms with Crippen molar-refractivity contribution in [1.82, 2.24) is 0 Å². The Bertz CT molecular complexity index is 417. The van der Waals surface area contributed by atoms with Crippen LogP contribution in [-0.2, 0) is 16.0 Å². The van der Waals surface area contributed by atoms with E-state index in [2.05, 4.69) is 0 Å². The smallest absolute Gasteiger partial charge is 0.305 e. The normalized spacial score (nSPS) is 10.0. The van der Waals surface area contributed by atoms with Crippen molar-refractivity contribution >= 4 is 5.97 Å². The number of rotatable bonds is 8. The number of carbonyl (C=O) groups is 1. The van der Waals surface area contributed by atoms with Crippen LogP contribution in [0.4, 0.5) is 0 Å². The first-order valence-electron chi connectivity index (χ1n) is 6.60. The van der Waals surface area contributed by atoms with Crippen molar-refractivity contribution in [2.45, 2.75) is 26.2 Å². The van der Waals surface area contributed by atoms with Gasteiger partial charge in [0, 0.05) is 6.42 Å². The van der Waals surface area contributed by atoms with Gasteiger partial charge in [-0.3, -0.25) is 4.79 Å². The Hall–Kier alpha value is -1.91. The monoisotopic (exact) mass is 282 g/mol. The molecule has 0 aliphatic carbocycles. The second-order valence-electron chi connectivity index (χ2n) is 4.21. The van der Waals surface area contributed by atoms with E-state index in [1.54, 1.807) is 28.3 Å². The molecule has 0 bridgehead atoms. The van der Waals surface area contributed by atoms with Gasteiger partial charge < -0.3 is 18.9 Å². The lowest BCUT2D eigenvalue weighted by molar-refractivity contribution is -0.143. The molecule has 0 N–H and O–H groups in total. The molecular formula is C15H22O5. The summed E-state index contributed by atoms with van der Waals surface area (Å²) >= 11 is 0. The molecule has 0 aromatic heterocycles. The van der Waals surface area contributed by atoms with Crippen molar-refractivity contribution in [3.05, 3.63) is 17.7 Å². The lowest BCUT2D eigenvalue weighted by atomic mass is 10.1. The van der Waals surface area contributed by atoms with E-state index in [4.69, 9.17) is 18.9 Å². The van der Waals surface area contributed by atoms with Crippen LogP contribution in [0.15, 0.2) is 12.1 Å². The molecule has 0 atom stereocenters. The lowest BCUT2D eigenvalue weighted by Crippen LogP contribution is -2.05. The Balaban J connectivity index is 2.68. The largest absolute Gasteiger partial charge is 0.493 e. The summed E-state index contributed by atoms with van der Waals surface area (Å²) in [5, 5.41) is 0. The lowest BCUT2D eigenvalue weighted by Gasteiger charge is -2.14. The van der Waals surface area contributed by atoms with Crippen LogP contribution in [0.1, 0.15) is 25.3 Å². The van der Waals surface area contributed by atoms with Crippen molar-refractivity contribution in [2.75, 3.05) is 27.9 Å². The van der Waals surface area contributed by atoms with Gasteiger partial charge in [-0.25, -0.2) is 0 Å². The fourth-order valence-corrected chi connectivity index (χ4v) is 1.84. The molecule has 0 aliphatic heterocycles. The highest BCUT2D eigenvalue weighted by Gasteiger charge is 2.13. The summed E-state index contributed by atoms with van der Waals surface area (Å²) in [4.78, 5) is 11.0. The zero-order chi connectivity index (χ0) is 15.0. The second kappa shape index (κ2) is 8.30. The molecule has 0 radical (unpaired) electrons. The molecule has 0 heterocycles. The van der Waals surface area contributed by atoms with Crippen molar-refractivity contribution < 1.29 is 23.7 Å². The van der Waals surface area contributed by atoms with E-state index in [1.807, 2.05) is 12.1 Å². The van der Waals surface area contributed by atoms with Crippen LogP contribution in [0.5, 0.6) is 17.2 Å². The average molecular weight is 282 g/mol. The van der Waals surface area contributed by atoms with E-state index < -0.39 is 0 Å². The van der Waals surface area contributed by atoms with E-state index in [1.165, 1.54) is 0 Å². The van der Waals surface area contributed by atoms with Gasteiger partial charge in [0.2, 0.25) is 5.75 Å². The second-order valence-corrected chi connectivity index (χ2v) is 4.21. The van der Waals surface area contributed by atoms with E-state index in [9.17, 15) is 4.79 Å². The molecule has 0 unspecified atom stereocenters. The fourth-order valence-electron chi connectivity index (χ4n) is 1.84. The van der Waals surface area contributed by atoms with Crippen LogP contribution >= 0.6 is 0 Å². The molecular weight excluding hydrogens is 260 g/mol. The van der Waals surface area contributed by atoms with Crippen LogP contribution in [0.2, 0.25) is 0 Å². The minimum Gasteiger partial charge on any atom is -0.493 e. The zero-order valence-corrected chi connectivity index (χ0v) is 12.5. The molecule has 5 nitrogen and oxygen atoms in total. The van der Waals surface area contributed by atoms with Gasteiger partial charge in [0.05, 0.1) is 27.9 Å². The summed E-state index contributed by atoms with van der Waals surface area (Å²) in [5.41, 5.74) is 1.05. The number of hydrogen-bond acceptors (Lipinski definition) is 5. The topological polar surface area (TPSA) is 54.0 Å². The predicted molar refractivity (Wildman–Crippen MR) is 75.7 cm³/mol. The third-order valence-electron chi connectivity index (χ3n) is 2.89. The summed E-state index contributed by atoms with van der Waals surface area (Å²) in [6.45, 7) is 2.20. The van der Waals surface area contributed by atoms with Gasteiger partial charge in [0.25, 0.3) is 0 Å². The van der Waals surface area contributed by atoms with Crippen molar-refractivity contribution in [3.63, 3.8) is 0 Å². The molecule has 112 valence electrons. The molecule has 0 saturated carbocycles. The van der Waals surface area contributed by atoms with Crippen LogP contribution in [-0.4, -0.2) is 33.9 Å². The summed E-state index contributed by atoms with van der Waals surface area (Å²) < 4.78 is 20.9. The first kappa shape index (κ1) is 16.1. The van der Waals surface area contributed by atoms with E-state index >= 15 is 0 Å². The SMILES string of the molecule is CCC(=O)OCCCc1cc(OC)c(OC)c(OC)c1. The quantitative estimate of drug-likeness (QED) is 0.542. The van der Waals surface area contributed by atoms with Crippen LogP contribution in [0.3, 0.4) is 0 Å². The van der Waals surface area contributed by atoms with Crippen LogP contribution in [0, 0.1) is 0 Å². The van der Waals surface area contributed by atoms with E-state index in [0.717, 1.165) is 18.4 Å². The molecule has 0 aliphatic rings. The molecule has 5 heteroatoms. The van der Waals surface area contributed by atoms with Crippen LogP contribution in [0.25, 0.3) is 0 Å². The number of aryl methyl sites for hydroxylation is 1. The van der Waals surface area contributed by atoms with E-state index in [-0.39, 0.29) is 5.97 Å². The van der Waals surface area contributed by atoms with Gasteiger partial charge in [-0.2, -0.15) is 0 Å².